The first-order chi connectivity index (χ1) is 15.8. The molecule has 0 bridgehead atoms. The lowest BCUT2D eigenvalue weighted by Gasteiger charge is -2.58. The van der Waals surface area contributed by atoms with Crippen LogP contribution in [0.3, 0.4) is 0 Å². The highest BCUT2D eigenvalue weighted by Gasteiger charge is 2.58. The largest absolute Gasteiger partial charge is 0.353 e. The third-order valence-electron chi connectivity index (χ3n) is 11.2. The molecule has 2 unspecified atom stereocenters. The fourth-order valence-electron chi connectivity index (χ4n) is 9.33. The molecule has 0 aromatic carbocycles. The molecule has 9 atom stereocenters. The molecule has 4 aliphatic rings. The SMILES string of the molecule is CCOC(C)OCC(C)CCC[C@@H](C)[C@H]1CC[C@H]2[C@@H]3CC=C4CCCC[C@]4(C)[C@H]3CC[C@]12C. The van der Waals surface area contributed by atoms with E-state index in [1.807, 2.05) is 19.4 Å². The van der Waals surface area contributed by atoms with E-state index in [1.165, 1.54) is 77.0 Å². The van der Waals surface area contributed by atoms with E-state index in [4.69, 9.17) is 9.47 Å². The Labute approximate surface area is 205 Å². The van der Waals surface area contributed by atoms with Gasteiger partial charge in [0.05, 0.1) is 6.61 Å². The molecule has 190 valence electrons. The lowest BCUT2D eigenvalue weighted by Crippen LogP contribution is -2.50. The van der Waals surface area contributed by atoms with Gasteiger partial charge >= 0.3 is 0 Å². The third-order valence-corrected chi connectivity index (χ3v) is 11.2. The summed E-state index contributed by atoms with van der Waals surface area (Å²) in [5, 5.41) is 0. The first kappa shape index (κ1) is 25.7. The zero-order valence-corrected chi connectivity index (χ0v) is 22.8. The van der Waals surface area contributed by atoms with Crippen LogP contribution in [0.2, 0.25) is 0 Å². The van der Waals surface area contributed by atoms with E-state index < -0.39 is 0 Å². The van der Waals surface area contributed by atoms with Crippen molar-refractivity contribution >= 4 is 0 Å². The van der Waals surface area contributed by atoms with Gasteiger partial charge in [0.25, 0.3) is 0 Å². The molecule has 0 amide bonds. The summed E-state index contributed by atoms with van der Waals surface area (Å²) >= 11 is 0. The molecule has 0 radical (unpaired) electrons. The van der Waals surface area contributed by atoms with Crippen molar-refractivity contribution in [3.05, 3.63) is 11.6 Å². The minimum atomic E-state index is -0.0662. The van der Waals surface area contributed by atoms with Crippen LogP contribution in [0.25, 0.3) is 0 Å². The molecule has 0 aromatic heterocycles. The summed E-state index contributed by atoms with van der Waals surface area (Å²) in [6.07, 6.45) is 19.9. The number of allylic oxidation sites excluding steroid dienone is 2. The van der Waals surface area contributed by atoms with Crippen LogP contribution in [0.5, 0.6) is 0 Å². The van der Waals surface area contributed by atoms with E-state index in [0.717, 1.165) is 42.8 Å². The molecule has 0 heterocycles. The standard InChI is InChI=1S/C31H54O2/c1-7-32-24(4)33-21-22(2)11-10-12-23(3)27-16-17-28-26-15-14-25-13-8-9-19-30(25,5)29(26)18-20-31(27,28)6/h14,22-24,26-29H,7-13,15-21H2,1-6H3/t22?,23-,24?,26+,27-,28+,29+,30+,31-/m1/s1. The van der Waals surface area contributed by atoms with Crippen molar-refractivity contribution in [3.63, 3.8) is 0 Å². The van der Waals surface area contributed by atoms with Gasteiger partial charge in [-0.3, -0.25) is 0 Å². The lowest BCUT2D eigenvalue weighted by molar-refractivity contribution is -0.134. The average Bonchev–Trinajstić information content (AvgIpc) is 3.15. The van der Waals surface area contributed by atoms with Crippen LogP contribution in [0.15, 0.2) is 11.6 Å². The predicted molar refractivity (Wildman–Crippen MR) is 139 cm³/mol. The van der Waals surface area contributed by atoms with Crippen molar-refractivity contribution in [2.75, 3.05) is 13.2 Å². The molecule has 4 aliphatic carbocycles. The zero-order chi connectivity index (χ0) is 23.6. The van der Waals surface area contributed by atoms with Crippen molar-refractivity contribution in [1.82, 2.24) is 0 Å². The summed E-state index contributed by atoms with van der Waals surface area (Å²) in [4.78, 5) is 0. The molecule has 0 aliphatic heterocycles. The number of rotatable bonds is 10. The molecular formula is C31H54O2. The van der Waals surface area contributed by atoms with Crippen LogP contribution in [-0.4, -0.2) is 19.5 Å². The maximum atomic E-state index is 5.86. The van der Waals surface area contributed by atoms with E-state index in [1.54, 1.807) is 0 Å². The van der Waals surface area contributed by atoms with Crippen LogP contribution in [0.4, 0.5) is 0 Å². The topological polar surface area (TPSA) is 18.5 Å². The normalized spacial score (nSPS) is 40.8. The molecule has 3 fully saturated rings. The third kappa shape index (κ3) is 5.13. The van der Waals surface area contributed by atoms with Gasteiger partial charge < -0.3 is 9.47 Å². The average molecular weight is 459 g/mol. The molecular weight excluding hydrogens is 404 g/mol. The molecule has 0 spiro atoms. The number of hydrogen-bond acceptors (Lipinski definition) is 2. The summed E-state index contributed by atoms with van der Waals surface area (Å²) < 4.78 is 11.4. The van der Waals surface area contributed by atoms with Gasteiger partial charge in [-0.1, -0.05) is 58.6 Å². The van der Waals surface area contributed by atoms with Crippen LogP contribution in [-0.2, 0) is 9.47 Å². The fraction of sp³-hybridized carbons (Fsp3) is 0.935. The molecule has 4 rings (SSSR count). The number of fused-ring (bicyclic) bond motifs is 5. The minimum Gasteiger partial charge on any atom is -0.353 e. The highest BCUT2D eigenvalue weighted by molar-refractivity contribution is 5.24. The predicted octanol–water partition coefficient (Wildman–Crippen LogP) is 8.80. The van der Waals surface area contributed by atoms with Gasteiger partial charge in [-0.2, -0.15) is 0 Å². The minimum absolute atomic E-state index is 0.0662. The van der Waals surface area contributed by atoms with Crippen molar-refractivity contribution in [1.29, 1.82) is 0 Å². The highest BCUT2D eigenvalue weighted by atomic mass is 16.7. The van der Waals surface area contributed by atoms with Gasteiger partial charge in [-0.15, -0.1) is 0 Å². The van der Waals surface area contributed by atoms with E-state index in [2.05, 4.69) is 33.8 Å². The van der Waals surface area contributed by atoms with E-state index in [9.17, 15) is 0 Å². The molecule has 0 saturated heterocycles. The molecule has 0 N–H and O–H groups in total. The first-order valence-corrected chi connectivity index (χ1v) is 14.7. The smallest absolute Gasteiger partial charge is 0.154 e. The maximum Gasteiger partial charge on any atom is 0.154 e. The number of hydrogen-bond donors (Lipinski definition) is 0. The molecule has 2 heteroatoms. The maximum absolute atomic E-state index is 5.86. The Balaban J connectivity index is 1.30. The monoisotopic (exact) mass is 458 g/mol. The van der Waals surface area contributed by atoms with E-state index in [-0.39, 0.29) is 6.29 Å². The molecule has 33 heavy (non-hydrogen) atoms. The van der Waals surface area contributed by atoms with E-state index >= 15 is 0 Å². The van der Waals surface area contributed by atoms with Crippen LogP contribution >= 0.6 is 0 Å². The second-order valence-corrected chi connectivity index (χ2v) is 13.1. The second-order valence-electron chi connectivity index (χ2n) is 13.1. The Morgan fingerprint density at radius 1 is 0.970 bits per heavy atom. The highest BCUT2D eigenvalue weighted by Crippen LogP contribution is 2.67. The summed E-state index contributed by atoms with van der Waals surface area (Å²) in [7, 11) is 0. The lowest BCUT2D eigenvalue weighted by atomic mass is 9.47. The van der Waals surface area contributed by atoms with Crippen molar-refractivity contribution in [3.8, 4) is 0 Å². The summed E-state index contributed by atoms with van der Waals surface area (Å²) in [5.41, 5.74) is 3.00. The summed E-state index contributed by atoms with van der Waals surface area (Å²) in [6.45, 7) is 15.9. The van der Waals surface area contributed by atoms with Crippen LogP contribution in [0.1, 0.15) is 119 Å². The Kier molecular flexibility index (Phi) is 8.37. The number of ether oxygens (including phenoxy) is 2. The Morgan fingerprint density at radius 2 is 1.79 bits per heavy atom. The first-order valence-electron chi connectivity index (χ1n) is 14.7. The fourth-order valence-corrected chi connectivity index (χ4v) is 9.33. The van der Waals surface area contributed by atoms with Gasteiger partial charge in [0.15, 0.2) is 6.29 Å². The van der Waals surface area contributed by atoms with Gasteiger partial charge in [0, 0.05) is 6.61 Å². The molecule has 2 nitrogen and oxygen atoms in total. The Morgan fingerprint density at radius 3 is 2.58 bits per heavy atom. The van der Waals surface area contributed by atoms with Crippen LogP contribution < -0.4 is 0 Å². The van der Waals surface area contributed by atoms with Gasteiger partial charge in [-0.25, -0.2) is 0 Å². The van der Waals surface area contributed by atoms with Crippen LogP contribution in [0, 0.1) is 46.3 Å². The Bertz CT molecular complexity index is 670. The molecule has 3 saturated carbocycles. The van der Waals surface area contributed by atoms with Crippen molar-refractivity contribution < 1.29 is 9.47 Å². The van der Waals surface area contributed by atoms with Gasteiger partial charge in [-0.05, 0) is 118 Å². The summed E-state index contributed by atoms with van der Waals surface area (Å²) in [6, 6.07) is 0. The summed E-state index contributed by atoms with van der Waals surface area (Å²) in [5.74, 6) is 5.36. The van der Waals surface area contributed by atoms with Crippen molar-refractivity contribution in [2.24, 2.45) is 46.3 Å². The molecule has 0 aromatic rings. The van der Waals surface area contributed by atoms with Gasteiger partial charge in [0.1, 0.15) is 0 Å². The van der Waals surface area contributed by atoms with Crippen molar-refractivity contribution in [2.45, 2.75) is 125 Å². The van der Waals surface area contributed by atoms with E-state index in [0.29, 0.717) is 16.7 Å². The second kappa shape index (κ2) is 10.7. The quantitative estimate of drug-likeness (QED) is 0.240. The van der Waals surface area contributed by atoms with Gasteiger partial charge in [0.2, 0.25) is 0 Å². The zero-order valence-electron chi connectivity index (χ0n) is 22.8. The Hall–Kier alpha value is -0.340.